The summed E-state index contributed by atoms with van der Waals surface area (Å²) in [5.74, 6) is 0.677. The molecule has 0 radical (unpaired) electrons. The highest BCUT2D eigenvalue weighted by Crippen LogP contribution is 2.21. The van der Waals surface area contributed by atoms with Crippen LogP contribution in [0.25, 0.3) is 0 Å². The van der Waals surface area contributed by atoms with Crippen molar-refractivity contribution in [1.82, 2.24) is 0 Å². The molecule has 0 fully saturated rings. The molecule has 20 heavy (non-hydrogen) atoms. The third-order valence-corrected chi connectivity index (χ3v) is 3.53. The fourth-order valence-corrected chi connectivity index (χ4v) is 2.44. The van der Waals surface area contributed by atoms with E-state index < -0.39 is 0 Å². The first-order valence-corrected chi connectivity index (χ1v) is 7.23. The van der Waals surface area contributed by atoms with Gasteiger partial charge < -0.3 is 11.5 Å². The van der Waals surface area contributed by atoms with Crippen molar-refractivity contribution in [2.45, 2.75) is 32.9 Å². The predicted octanol–water partition coefficient (Wildman–Crippen LogP) is 3.39. The third-order valence-electron chi connectivity index (χ3n) is 3.53. The lowest BCUT2D eigenvalue weighted by Gasteiger charge is -2.14. The topological polar surface area (TPSA) is 52.0 Å². The lowest BCUT2D eigenvalue weighted by atomic mass is 9.95. The van der Waals surface area contributed by atoms with E-state index in [-0.39, 0.29) is 6.04 Å². The van der Waals surface area contributed by atoms with Gasteiger partial charge in [-0.15, -0.1) is 0 Å². The highest BCUT2D eigenvalue weighted by Gasteiger charge is 2.09. The molecule has 0 spiro atoms. The van der Waals surface area contributed by atoms with Crippen LogP contribution in [-0.2, 0) is 13.0 Å². The van der Waals surface area contributed by atoms with Gasteiger partial charge in [0.2, 0.25) is 0 Å². The van der Waals surface area contributed by atoms with Gasteiger partial charge in [-0.1, -0.05) is 62.4 Å². The Morgan fingerprint density at radius 2 is 1.60 bits per heavy atom. The van der Waals surface area contributed by atoms with Crippen molar-refractivity contribution >= 4 is 0 Å². The summed E-state index contributed by atoms with van der Waals surface area (Å²) in [6, 6.07) is 16.7. The summed E-state index contributed by atoms with van der Waals surface area (Å²) >= 11 is 0. The second-order valence-electron chi connectivity index (χ2n) is 5.77. The van der Waals surface area contributed by atoms with Crippen molar-refractivity contribution in [3.05, 3.63) is 70.8 Å². The Balaban J connectivity index is 2.17. The molecule has 2 nitrogen and oxygen atoms in total. The molecule has 0 bridgehead atoms. The molecule has 2 aromatic carbocycles. The summed E-state index contributed by atoms with van der Waals surface area (Å²) in [6.45, 7) is 5.02. The van der Waals surface area contributed by atoms with Gasteiger partial charge in [0, 0.05) is 6.54 Å². The molecule has 0 aliphatic heterocycles. The number of hydrogen-bond donors (Lipinski definition) is 2. The molecule has 0 heterocycles. The van der Waals surface area contributed by atoms with Crippen LogP contribution in [0.3, 0.4) is 0 Å². The molecule has 0 aliphatic carbocycles. The van der Waals surface area contributed by atoms with Crippen LogP contribution in [0.5, 0.6) is 0 Å². The summed E-state index contributed by atoms with van der Waals surface area (Å²) in [7, 11) is 0. The Morgan fingerprint density at radius 3 is 2.20 bits per heavy atom. The van der Waals surface area contributed by atoms with Gasteiger partial charge in [-0.25, -0.2) is 0 Å². The first-order valence-electron chi connectivity index (χ1n) is 7.23. The van der Waals surface area contributed by atoms with Crippen LogP contribution in [0.4, 0.5) is 0 Å². The van der Waals surface area contributed by atoms with Crippen LogP contribution >= 0.6 is 0 Å². The molecule has 2 aromatic rings. The van der Waals surface area contributed by atoms with E-state index in [1.807, 2.05) is 12.1 Å². The van der Waals surface area contributed by atoms with Gasteiger partial charge in [-0.2, -0.15) is 0 Å². The van der Waals surface area contributed by atoms with Crippen molar-refractivity contribution < 1.29 is 0 Å². The smallest absolute Gasteiger partial charge is 0.0551 e. The minimum Gasteiger partial charge on any atom is -0.326 e. The predicted molar refractivity (Wildman–Crippen MR) is 85.3 cm³/mol. The summed E-state index contributed by atoms with van der Waals surface area (Å²) in [4.78, 5) is 0. The summed E-state index contributed by atoms with van der Waals surface area (Å²) in [6.07, 6.45) is 1.11. The lowest BCUT2D eigenvalue weighted by Crippen LogP contribution is -2.12. The first-order chi connectivity index (χ1) is 9.60. The van der Waals surface area contributed by atoms with E-state index in [1.54, 1.807) is 0 Å². The highest BCUT2D eigenvalue weighted by atomic mass is 14.6. The molecule has 1 atom stereocenters. The molecule has 0 saturated carbocycles. The summed E-state index contributed by atoms with van der Waals surface area (Å²) < 4.78 is 0. The molecule has 0 aliphatic rings. The second-order valence-corrected chi connectivity index (χ2v) is 5.77. The van der Waals surface area contributed by atoms with Crippen molar-refractivity contribution in [2.75, 3.05) is 0 Å². The molecule has 0 amide bonds. The van der Waals surface area contributed by atoms with E-state index in [2.05, 4.69) is 50.2 Å². The number of rotatable bonds is 5. The van der Waals surface area contributed by atoms with E-state index in [4.69, 9.17) is 11.5 Å². The Morgan fingerprint density at radius 1 is 0.900 bits per heavy atom. The average Bonchev–Trinajstić information content (AvgIpc) is 2.47. The average molecular weight is 268 g/mol. The van der Waals surface area contributed by atoms with E-state index in [9.17, 15) is 0 Å². The normalized spacial score (nSPS) is 12.7. The van der Waals surface area contributed by atoms with E-state index in [1.165, 1.54) is 5.56 Å². The van der Waals surface area contributed by atoms with Gasteiger partial charge >= 0.3 is 0 Å². The molecule has 4 N–H and O–H groups in total. The third kappa shape index (κ3) is 3.69. The molecule has 106 valence electrons. The monoisotopic (exact) mass is 268 g/mol. The van der Waals surface area contributed by atoms with Gasteiger partial charge in [0.1, 0.15) is 0 Å². The maximum atomic E-state index is 6.35. The quantitative estimate of drug-likeness (QED) is 0.873. The maximum absolute atomic E-state index is 6.35. The zero-order valence-electron chi connectivity index (χ0n) is 12.3. The summed E-state index contributed by atoms with van der Waals surface area (Å²) in [5.41, 5.74) is 16.8. The number of benzene rings is 2. The zero-order chi connectivity index (χ0) is 14.5. The van der Waals surface area contributed by atoms with E-state index in [0.29, 0.717) is 12.5 Å². The van der Waals surface area contributed by atoms with Crippen molar-refractivity contribution in [1.29, 1.82) is 0 Å². The van der Waals surface area contributed by atoms with Crippen molar-refractivity contribution in [3.8, 4) is 0 Å². The van der Waals surface area contributed by atoms with E-state index in [0.717, 1.165) is 23.1 Å². The first kappa shape index (κ1) is 14.8. The molecule has 2 rings (SSSR count). The van der Waals surface area contributed by atoms with Gasteiger partial charge in [0.25, 0.3) is 0 Å². The Kier molecular flexibility index (Phi) is 4.94. The van der Waals surface area contributed by atoms with Gasteiger partial charge in [0.15, 0.2) is 0 Å². The minimum atomic E-state index is -0.0883. The van der Waals surface area contributed by atoms with E-state index >= 15 is 0 Å². The zero-order valence-corrected chi connectivity index (χ0v) is 12.3. The molecular weight excluding hydrogens is 244 g/mol. The van der Waals surface area contributed by atoms with Gasteiger partial charge in [0.05, 0.1) is 6.04 Å². The van der Waals surface area contributed by atoms with Crippen LogP contribution in [-0.4, -0.2) is 0 Å². The Bertz CT molecular complexity index is 544. The molecule has 2 heteroatoms. The van der Waals surface area contributed by atoms with Crippen LogP contribution in [0.1, 0.15) is 42.1 Å². The Hall–Kier alpha value is -1.64. The fourth-order valence-electron chi connectivity index (χ4n) is 2.44. The molecule has 0 saturated heterocycles. The van der Waals surface area contributed by atoms with Crippen molar-refractivity contribution in [3.63, 3.8) is 0 Å². The number of hydrogen-bond acceptors (Lipinski definition) is 2. The van der Waals surface area contributed by atoms with Crippen LogP contribution in [0.2, 0.25) is 0 Å². The van der Waals surface area contributed by atoms with Gasteiger partial charge in [-0.3, -0.25) is 0 Å². The largest absolute Gasteiger partial charge is 0.326 e. The van der Waals surface area contributed by atoms with Crippen molar-refractivity contribution in [2.24, 2.45) is 17.4 Å². The van der Waals surface area contributed by atoms with Crippen LogP contribution in [0, 0.1) is 5.92 Å². The fraction of sp³-hybridized carbons (Fsp3) is 0.333. The standard InChI is InChI=1S/C18H24N2/c1-13(2)10-14-6-8-16(9-7-14)18(20)17-5-3-4-15(11-17)12-19/h3-9,11,13,18H,10,12,19-20H2,1-2H3. The molecule has 0 aromatic heterocycles. The minimum absolute atomic E-state index is 0.0883. The van der Waals surface area contributed by atoms with Crippen LogP contribution in [0.15, 0.2) is 48.5 Å². The van der Waals surface area contributed by atoms with Crippen LogP contribution < -0.4 is 11.5 Å². The maximum Gasteiger partial charge on any atom is 0.0551 e. The molecule has 1 unspecified atom stereocenters. The lowest BCUT2D eigenvalue weighted by molar-refractivity contribution is 0.647. The summed E-state index contributed by atoms with van der Waals surface area (Å²) in [5, 5.41) is 0. The highest BCUT2D eigenvalue weighted by molar-refractivity contribution is 5.35. The number of nitrogens with two attached hydrogens (primary N) is 2. The second kappa shape index (κ2) is 6.69. The van der Waals surface area contributed by atoms with Gasteiger partial charge in [-0.05, 0) is 34.6 Å². The Labute approximate surface area is 121 Å². The SMILES string of the molecule is CC(C)Cc1ccc(C(N)c2cccc(CN)c2)cc1. The molecular formula is C18H24N2.